The van der Waals surface area contributed by atoms with E-state index in [9.17, 15) is 0 Å². The van der Waals surface area contributed by atoms with Crippen molar-refractivity contribution in [2.45, 2.75) is 0 Å². The maximum atomic E-state index is 6.75. The van der Waals surface area contributed by atoms with E-state index >= 15 is 0 Å². The van der Waals surface area contributed by atoms with E-state index in [4.69, 9.17) is 8.83 Å². The standard InChI is InChI=1S/C42H27NO2/c1-3-12-28(13-4-1)30-16-11-17-31(26-30)43(32-22-23-36-34-18-7-9-20-38(34)44-40(36)27-32)41-33(29-14-5-2-6-15-29)24-25-37-35-19-8-10-21-39(35)45-42(37)41/h1-27H. The summed E-state index contributed by atoms with van der Waals surface area (Å²) < 4.78 is 13.2. The van der Waals surface area contributed by atoms with E-state index in [2.05, 4.69) is 144 Å². The molecular weight excluding hydrogens is 550 g/mol. The third-order valence-electron chi connectivity index (χ3n) is 8.66. The van der Waals surface area contributed by atoms with Gasteiger partial charge in [0.1, 0.15) is 16.7 Å². The first-order valence-corrected chi connectivity index (χ1v) is 15.2. The second kappa shape index (κ2) is 10.3. The van der Waals surface area contributed by atoms with Gasteiger partial charge < -0.3 is 13.7 Å². The minimum atomic E-state index is 0.840. The molecule has 0 saturated carbocycles. The minimum Gasteiger partial charge on any atom is -0.456 e. The largest absolute Gasteiger partial charge is 0.456 e. The molecule has 0 N–H and O–H groups in total. The molecule has 0 unspecified atom stereocenters. The fourth-order valence-corrected chi connectivity index (χ4v) is 6.56. The van der Waals surface area contributed by atoms with Crippen molar-refractivity contribution in [3.63, 3.8) is 0 Å². The molecule has 45 heavy (non-hydrogen) atoms. The zero-order valence-corrected chi connectivity index (χ0v) is 24.4. The second-order valence-electron chi connectivity index (χ2n) is 11.3. The van der Waals surface area contributed by atoms with E-state index in [-0.39, 0.29) is 0 Å². The third kappa shape index (κ3) is 4.21. The summed E-state index contributed by atoms with van der Waals surface area (Å²) in [4.78, 5) is 2.33. The number of hydrogen-bond acceptors (Lipinski definition) is 3. The minimum absolute atomic E-state index is 0.840. The zero-order chi connectivity index (χ0) is 29.7. The lowest BCUT2D eigenvalue weighted by Crippen LogP contribution is -2.12. The molecule has 9 aromatic rings. The van der Waals surface area contributed by atoms with Gasteiger partial charge in [0.25, 0.3) is 0 Å². The van der Waals surface area contributed by atoms with Crippen LogP contribution in [0.15, 0.2) is 173 Å². The fraction of sp³-hybridized carbons (Fsp3) is 0. The molecule has 0 fully saturated rings. The molecule has 0 radical (unpaired) electrons. The first-order chi connectivity index (χ1) is 22.3. The molecule has 212 valence electrons. The quantitative estimate of drug-likeness (QED) is 0.204. The molecule has 7 aromatic carbocycles. The van der Waals surface area contributed by atoms with Crippen molar-refractivity contribution >= 4 is 60.9 Å². The first kappa shape index (κ1) is 25.4. The van der Waals surface area contributed by atoms with E-state index in [1.807, 2.05) is 24.3 Å². The van der Waals surface area contributed by atoms with E-state index in [0.29, 0.717) is 0 Å². The van der Waals surface area contributed by atoms with Crippen molar-refractivity contribution in [3.05, 3.63) is 164 Å². The normalized spacial score (nSPS) is 11.6. The van der Waals surface area contributed by atoms with Crippen molar-refractivity contribution in [2.75, 3.05) is 4.90 Å². The van der Waals surface area contributed by atoms with Crippen LogP contribution in [0, 0.1) is 0 Å². The first-order valence-electron chi connectivity index (χ1n) is 15.2. The number of anilines is 3. The molecular formula is C42H27NO2. The van der Waals surface area contributed by atoms with Gasteiger partial charge in [0.2, 0.25) is 0 Å². The van der Waals surface area contributed by atoms with Crippen LogP contribution in [0.1, 0.15) is 0 Å². The number of fused-ring (bicyclic) bond motifs is 6. The lowest BCUT2D eigenvalue weighted by atomic mass is 9.98. The summed E-state index contributed by atoms with van der Waals surface area (Å²) in [7, 11) is 0. The van der Waals surface area contributed by atoms with Gasteiger partial charge in [-0.3, -0.25) is 0 Å². The summed E-state index contributed by atoms with van der Waals surface area (Å²) in [6, 6.07) is 57.2. The summed E-state index contributed by atoms with van der Waals surface area (Å²) >= 11 is 0. The summed E-state index contributed by atoms with van der Waals surface area (Å²) in [5.41, 5.74) is 10.9. The molecule has 0 amide bonds. The van der Waals surface area contributed by atoms with Crippen LogP contribution in [0.25, 0.3) is 66.1 Å². The smallest absolute Gasteiger partial charge is 0.160 e. The highest BCUT2D eigenvalue weighted by Crippen LogP contribution is 2.48. The average molecular weight is 578 g/mol. The molecule has 0 spiro atoms. The van der Waals surface area contributed by atoms with Crippen LogP contribution in [0.5, 0.6) is 0 Å². The summed E-state index contributed by atoms with van der Waals surface area (Å²) in [5.74, 6) is 0. The van der Waals surface area contributed by atoms with Crippen LogP contribution in [-0.4, -0.2) is 0 Å². The molecule has 0 aliphatic heterocycles. The van der Waals surface area contributed by atoms with Crippen LogP contribution in [0.2, 0.25) is 0 Å². The van der Waals surface area contributed by atoms with Crippen LogP contribution in [-0.2, 0) is 0 Å². The predicted molar refractivity (Wildman–Crippen MR) is 187 cm³/mol. The van der Waals surface area contributed by atoms with Gasteiger partial charge in [0.15, 0.2) is 5.58 Å². The van der Waals surface area contributed by atoms with Gasteiger partial charge in [-0.2, -0.15) is 0 Å². The molecule has 2 aromatic heterocycles. The van der Waals surface area contributed by atoms with E-state index < -0.39 is 0 Å². The highest BCUT2D eigenvalue weighted by molar-refractivity contribution is 6.14. The number of para-hydroxylation sites is 2. The van der Waals surface area contributed by atoms with Gasteiger partial charge in [-0.15, -0.1) is 0 Å². The van der Waals surface area contributed by atoms with Crippen LogP contribution in [0.4, 0.5) is 17.1 Å². The predicted octanol–water partition coefficient (Wildman–Crippen LogP) is 12.3. The maximum absolute atomic E-state index is 6.75. The zero-order valence-electron chi connectivity index (χ0n) is 24.4. The Morgan fingerprint density at radius 3 is 1.71 bits per heavy atom. The van der Waals surface area contributed by atoms with Crippen LogP contribution < -0.4 is 4.90 Å². The topological polar surface area (TPSA) is 29.5 Å². The maximum Gasteiger partial charge on any atom is 0.160 e. The van der Waals surface area contributed by atoms with Crippen molar-refractivity contribution < 1.29 is 8.83 Å². The Bertz CT molecular complexity index is 2490. The number of benzene rings is 7. The molecule has 0 bridgehead atoms. The van der Waals surface area contributed by atoms with Crippen molar-refractivity contribution in [1.29, 1.82) is 0 Å². The molecule has 0 aliphatic carbocycles. The van der Waals surface area contributed by atoms with E-state index in [1.165, 1.54) is 0 Å². The summed E-state index contributed by atoms with van der Waals surface area (Å²) in [6.07, 6.45) is 0. The molecule has 0 saturated heterocycles. The monoisotopic (exact) mass is 577 g/mol. The third-order valence-corrected chi connectivity index (χ3v) is 8.66. The van der Waals surface area contributed by atoms with Gasteiger partial charge in [-0.25, -0.2) is 0 Å². The Morgan fingerprint density at radius 1 is 0.356 bits per heavy atom. The summed E-state index contributed by atoms with van der Waals surface area (Å²) in [6.45, 7) is 0. The number of hydrogen-bond donors (Lipinski definition) is 0. The Hall–Kier alpha value is -6.06. The average Bonchev–Trinajstić information content (AvgIpc) is 3.68. The van der Waals surface area contributed by atoms with Gasteiger partial charge >= 0.3 is 0 Å². The van der Waals surface area contributed by atoms with Gasteiger partial charge in [-0.1, -0.05) is 115 Å². The van der Waals surface area contributed by atoms with Crippen LogP contribution in [0.3, 0.4) is 0 Å². The Balaban J connectivity index is 1.38. The van der Waals surface area contributed by atoms with Gasteiger partial charge in [-0.05, 0) is 59.2 Å². The molecule has 3 heteroatoms. The summed E-state index contributed by atoms with van der Waals surface area (Å²) in [5, 5.41) is 4.38. The molecule has 0 aliphatic rings. The number of rotatable bonds is 5. The van der Waals surface area contributed by atoms with E-state index in [0.717, 1.165) is 83.2 Å². The van der Waals surface area contributed by atoms with Gasteiger partial charge in [0, 0.05) is 38.9 Å². The molecule has 0 atom stereocenters. The van der Waals surface area contributed by atoms with Crippen molar-refractivity contribution in [1.82, 2.24) is 0 Å². The molecule has 3 nitrogen and oxygen atoms in total. The Morgan fingerprint density at radius 2 is 0.933 bits per heavy atom. The second-order valence-corrected chi connectivity index (χ2v) is 11.3. The van der Waals surface area contributed by atoms with Gasteiger partial charge in [0.05, 0.1) is 11.4 Å². The Kier molecular flexibility index (Phi) is 5.82. The van der Waals surface area contributed by atoms with Crippen molar-refractivity contribution in [2.24, 2.45) is 0 Å². The lowest BCUT2D eigenvalue weighted by molar-refractivity contribution is 0.667. The fourth-order valence-electron chi connectivity index (χ4n) is 6.56. The van der Waals surface area contributed by atoms with Crippen molar-refractivity contribution in [3.8, 4) is 22.3 Å². The SMILES string of the molecule is c1ccc(-c2cccc(N(c3ccc4c(c3)oc3ccccc34)c3c(-c4ccccc4)ccc4c3oc3ccccc34)c2)cc1. The highest BCUT2D eigenvalue weighted by Gasteiger charge is 2.25. The molecule has 2 heterocycles. The highest BCUT2D eigenvalue weighted by atomic mass is 16.3. The van der Waals surface area contributed by atoms with E-state index in [1.54, 1.807) is 0 Å². The number of furan rings is 2. The lowest BCUT2D eigenvalue weighted by Gasteiger charge is -2.28. The number of nitrogens with zero attached hydrogens (tertiary/aromatic N) is 1. The Labute approximate surface area is 260 Å². The van der Waals surface area contributed by atoms with Crippen LogP contribution >= 0.6 is 0 Å². The molecule has 9 rings (SSSR count).